The second-order valence-corrected chi connectivity index (χ2v) is 13.8. The van der Waals surface area contributed by atoms with Gasteiger partial charge in [-0.05, 0) is 91.3 Å². The number of benzene rings is 3. The van der Waals surface area contributed by atoms with E-state index >= 15 is 0 Å². The van der Waals surface area contributed by atoms with Crippen LogP contribution in [0.4, 0.5) is 10.1 Å². The summed E-state index contributed by atoms with van der Waals surface area (Å²) in [6, 6.07) is 16.2. The first-order valence-corrected chi connectivity index (χ1v) is 15.8. The fraction of sp³-hybridized carbons (Fsp3) is 0.314. The molecule has 7 rings (SSSR count). The van der Waals surface area contributed by atoms with Gasteiger partial charge in [-0.1, -0.05) is 35.9 Å². The number of phenolic OH excluding ortho intramolecular Hbond substituents is 2. The number of fused-ring (bicyclic) bond motifs is 4. The number of imide groups is 2. The molecule has 8 nitrogen and oxygen atoms in total. The van der Waals surface area contributed by atoms with Crippen molar-refractivity contribution in [2.75, 3.05) is 11.4 Å². The Kier molecular flexibility index (Phi) is 7.06. The Hall–Kier alpha value is -4.21. The zero-order valence-corrected chi connectivity index (χ0v) is 26.1. The highest BCUT2D eigenvalue weighted by molar-refractivity contribution is 6.58. The van der Waals surface area contributed by atoms with Gasteiger partial charge in [-0.15, -0.1) is 23.2 Å². The van der Waals surface area contributed by atoms with Crippen LogP contribution in [0.2, 0.25) is 0 Å². The van der Waals surface area contributed by atoms with Crippen molar-refractivity contribution in [3.05, 3.63) is 101 Å². The fourth-order valence-electron chi connectivity index (χ4n) is 7.82. The van der Waals surface area contributed by atoms with E-state index in [9.17, 15) is 33.8 Å². The largest absolute Gasteiger partial charge is 0.508 e. The average Bonchev–Trinajstić information content (AvgIpc) is 3.36. The van der Waals surface area contributed by atoms with Gasteiger partial charge in [0.05, 0.1) is 17.5 Å². The molecular weight excluding hydrogens is 634 g/mol. The molecule has 4 aliphatic rings. The number of allylic oxidation sites excluding steroid dienone is 2. The van der Waals surface area contributed by atoms with Crippen LogP contribution in [0.3, 0.4) is 0 Å². The van der Waals surface area contributed by atoms with E-state index < -0.39 is 51.1 Å². The van der Waals surface area contributed by atoms with Gasteiger partial charge in [0.15, 0.2) is 9.75 Å². The van der Waals surface area contributed by atoms with Crippen LogP contribution in [0.1, 0.15) is 35.4 Å². The van der Waals surface area contributed by atoms with Crippen molar-refractivity contribution in [3.8, 4) is 11.5 Å². The number of nitrogens with zero attached hydrogens (tertiary/aromatic N) is 2. The van der Waals surface area contributed by atoms with Crippen LogP contribution in [0.15, 0.2) is 78.4 Å². The molecule has 3 aromatic carbocycles. The molecule has 6 atom stereocenters. The van der Waals surface area contributed by atoms with Gasteiger partial charge in [-0.2, -0.15) is 0 Å². The third-order valence-corrected chi connectivity index (χ3v) is 11.5. The number of likely N-dealkylation sites (tertiary alicyclic amines) is 1. The summed E-state index contributed by atoms with van der Waals surface area (Å²) >= 11 is 14.7. The molecule has 4 amide bonds. The normalized spacial score (nSPS) is 30.3. The molecule has 236 valence electrons. The predicted octanol–water partition coefficient (Wildman–Crippen LogP) is 5.35. The number of phenols is 2. The average molecular weight is 664 g/mol. The van der Waals surface area contributed by atoms with E-state index in [0.29, 0.717) is 23.1 Å². The lowest BCUT2D eigenvalue weighted by Gasteiger charge is -2.50. The summed E-state index contributed by atoms with van der Waals surface area (Å²) in [4.78, 5) is 54.5. The molecule has 46 heavy (non-hydrogen) atoms. The number of halogens is 3. The second kappa shape index (κ2) is 10.7. The molecule has 0 bridgehead atoms. The lowest BCUT2D eigenvalue weighted by molar-refractivity contribution is -0.140. The molecule has 2 aliphatic carbocycles. The van der Waals surface area contributed by atoms with E-state index in [4.69, 9.17) is 23.2 Å². The molecule has 2 N–H and O–H groups in total. The van der Waals surface area contributed by atoms with Crippen LogP contribution in [0.5, 0.6) is 11.5 Å². The second-order valence-electron chi connectivity index (χ2n) is 12.5. The number of carbonyl (C=O) groups is 4. The molecule has 0 aromatic heterocycles. The van der Waals surface area contributed by atoms with Gasteiger partial charge < -0.3 is 10.2 Å². The van der Waals surface area contributed by atoms with Crippen molar-refractivity contribution in [1.82, 2.24) is 4.90 Å². The van der Waals surface area contributed by atoms with Gasteiger partial charge in [0.1, 0.15) is 17.3 Å². The Morgan fingerprint density at radius 2 is 1.59 bits per heavy atom. The van der Waals surface area contributed by atoms with Gasteiger partial charge in [0, 0.05) is 12.5 Å². The summed E-state index contributed by atoms with van der Waals surface area (Å²) in [5.74, 6) is -5.85. The Labute approximate surface area is 274 Å². The van der Waals surface area contributed by atoms with Gasteiger partial charge in [-0.3, -0.25) is 24.1 Å². The first-order chi connectivity index (χ1) is 21.9. The number of amides is 4. The minimum atomic E-state index is -2.04. The van der Waals surface area contributed by atoms with E-state index in [1.807, 2.05) is 6.08 Å². The minimum Gasteiger partial charge on any atom is -0.508 e. The monoisotopic (exact) mass is 662 g/mol. The van der Waals surface area contributed by atoms with E-state index in [2.05, 4.69) is 0 Å². The van der Waals surface area contributed by atoms with Crippen LogP contribution >= 0.6 is 23.2 Å². The number of carbonyl (C=O) groups excluding carboxylic acids is 4. The molecule has 2 heterocycles. The van der Waals surface area contributed by atoms with Crippen molar-refractivity contribution in [2.24, 2.45) is 17.8 Å². The molecule has 3 aromatic rings. The number of alkyl halides is 2. The summed E-state index contributed by atoms with van der Waals surface area (Å²) in [6.07, 6.45) is 2.30. The van der Waals surface area contributed by atoms with Crippen molar-refractivity contribution in [1.29, 1.82) is 0 Å². The van der Waals surface area contributed by atoms with Crippen molar-refractivity contribution >= 4 is 52.5 Å². The topological polar surface area (TPSA) is 115 Å². The van der Waals surface area contributed by atoms with Gasteiger partial charge >= 0.3 is 0 Å². The maximum Gasteiger partial charge on any atom is 0.258 e. The number of rotatable bonds is 5. The Morgan fingerprint density at radius 1 is 0.891 bits per heavy atom. The number of aryl methyl sites for hydroxylation is 1. The third-order valence-electron chi connectivity index (χ3n) is 10.1. The minimum absolute atomic E-state index is 0.0251. The molecule has 0 spiro atoms. The standard InChI is InChI=1S/C35H29Cl2FN2O6/c1-18-16-20(4-13-27(18)42)29-24-11-12-25-28(31(44)39(30(25)43)15-14-19-2-9-23(41)10-3-19)26(24)17-34(36)32(45)40(33(46)35(29,34)37)22-7-5-21(38)6-8-22/h2-11,13,16,25-26,28-29,41-42H,12,14-15,17H2,1H3. The van der Waals surface area contributed by atoms with Gasteiger partial charge in [0.2, 0.25) is 11.8 Å². The smallest absolute Gasteiger partial charge is 0.258 e. The molecule has 11 heteroatoms. The maximum absolute atomic E-state index is 14.4. The number of aromatic hydroxyl groups is 2. The molecule has 3 fully saturated rings. The lowest BCUT2D eigenvalue weighted by Crippen LogP contribution is -2.60. The van der Waals surface area contributed by atoms with Crippen LogP contribution in [-0.2, 0) is 25.6 Å². The predicted molar refractivity (Wildman–Crippen MR) is 168 cm³/mol. The summed E-state index contributed by atoms with van der Waals surface area (Å²) in [5.41, 5.74) is 2.62. The zero-order valence-electron chi connectivity index (χ0n) is 24.6. The zero-order chi connectivity index (χ0) is 32.7. The van der Waals surface area contributed by atoms with E-state index in [1.165, 1.54) is 23.1 Å². The molecule has 2 aliphatic heterocycles. The lowest BCUT2D eigenvalue weighted by atomic mass is 9.56. The Morgan fingerprint density at radius 3 is 2.26 bits per heavy atom. The molecular formula is C35H29Cl2FN2O6. The third kappa shape index (κ3) is 4.24. The first kappa shape index (κ1) is 30.4. The molecule has 2 saturated heterocycles. The highest BCUT2D eigenvalue weighted by Gasteiger charge is 2.76. The summed E-state index contributed by atoms with van der Waals surface area (Å²) in [5, 5.41) is 19.9. The number of hydrogen-bond donors (Lipinski definition) is 2. The SMILES string of the molecule is Cc1cc(C2C3=CCC4C(=O)N(CCc5ccc(O)cc5)C(=O)C4C3CC3(Cl)C(=O)N(c4ccc(F)cc4)C(=O)C23Cl)ccc1O. The summed E-state index contributed by atoms with van der Waals surface area (Å²) in [7, 11) is 0. The first-order valence-electron chi connectivity index (χ1n) is 15.0. The Balaban J connectivity index is 1.32. The molecule has 1 saturated carbocycles. The molecule has 6 unspecified atom stereocenters. The Bertz CT molecular complexity index is 1850. The number of anilines is 1. The van der Waals surface area contributed by atoms with E-state index in [-0.39, 0.29) is 48.4 Å². The van der Waals surface area contributed by atoms with Gasteiger partial charge in [0.25, 0.3) is 11.8 Å². The van der Waals surface area contributed by atoms with Gasteiger partial charge in [-0.25, -0.2) is 9.29 Å². The fourth-order valence-corrected chi connectivity index (χ4v) is 8.76. The van der Waals surface area contributed by atoms with Crippen molar-refractivity contribution in [3.63, 3.8) is 0 Å². The van der Waals surface area contributed by atoms with Crippen LogP contribution in [-0.4, -0.2) is 55.0 Å². The summed E-state index contributed by atoms with van der Waals surface area (Å²) < 4.78 is 13.8. The van der Waals surface area contributed by atoms with Crippen molar-refractivity contribution in [2.45, 2.75) is 41.9 Å². The van der Waals surface area contributed by atoms with Crippen molar-refractivity contribution < 1.29 is 33.8 Å². The maximum atomic E-state index is 14.4. The highest BCUT2D eigenvalue weighted by Crippen LogP contribution is 2.65. The van der Waals surface area contributed by atoms with E-state index in [1.54, 1.807) is 43.3 Å². The number of hydrogen-bond acceptors (Lipinski definition) is 6. The molecule has 0 radical (unpaired) electrons. The van der Waals surface area contributed by atoms with E-state index in [0.717, 1.165) is 22.6 Å². The highest BCUT2D eigenvalue weighted by atomic mass is 35.5. The quantitative estimate of drug-likeness (QED) is 0.216. The van der Waals surface area contributed by atoms with Crippen LogP contribution < -0.4 is 4.90 Å². The van der Waals surface area contributed by atoms with Crippen LogP contribution in [0.25, 0.3) is 0 Å². The van der Waals surface area contributed by atoms with Crippen LogP contribution in [0, 0.1) is 30.5 Å². The summed E-state index contributed by atoms with van der Waals surface area (Å²) in [6.45, 7) is 1.83.